The van der Waals surface area contributed by atoms with E-state index in [0.717, 1.165) is 26.4 Å². The van der Waals surface area contributed by atoms with Gasteiger partial charge in [-0.15, -0.1) is 11.3 Å². The molecule has 4 atom stereocenters. The molecule has 1 saturated heterocycles. The molecule has 2 heterocycles. The minimum absolute atomic E-state index is 0.106. The Morgan fingerprint density at radius 3 is 2.32 bits per heavy atom. The number of hydrogen-bond donors (Lipinski definition) is 0. The number of thiophene rings is 1. The molecule has 0 aliphatic carbocycles. The van der Waals surface area contributed by atoms with Gasteiger partial charge < -0.3 is 23.7 Å². The van der Waals surface area contributed by atoms with Crippen LogP contribution in [0.1, 0.15) is 48.8 Å². The molecular formula is C31H33FO8S. The molecule has 0 saturated carbocycles. The van der Waals surface area contributed by atoms with Crippen molar-refractivity contribution in [2.24, 2.45) is 0 Å². The molecule has 1 aliphatic heterocycles. The number of hydrogen-bond acceptors (Lipinski definition) is 9. The Balaban J connectivity index is 1.72. The topological polar surface area (TPSA) is 97.4 Å². The molecule has 10 heteroatoms. The van der Waals surface area contributed by atoms with E-state index in [1.807, 2.05) is 37.3 Å². The van der Waals surface area contributed by atoms with Crippen LogP contribution in [-0.2, 0) is 50.3 Å². The number of methoxy groups -OCH3 is 1. The van der Waals surface area contributed by atoms with Gasteiger partial charge in [-0.2, -0.15) is 0 Å². The molecule has 8 nitrogen and oxygen atoms in total. The zero-order valence-electron chi connectivity index (χ0n) is 23.6. The van der Waals surface area contributed by atoms with E-state index < -0.39 is 42.0 Å². The van der Waals surface area contributed by atoms with Gasteiger partial charge in [0.1, 0.15) is 18.5 Å². The number of benzene rings is 2. The molecule has 0 amide bonds. The molecule has 4 unspecified atom stereocenters. The Morgan fingerprint density at radius 2 is 1.68 bits per heavy atom. The summed E-state index contributed by atoms with van der Waals surface area (Å²) in [6.45, 7) is 5.69. The van der Waals surface area contributed by atoms with Crippen LogP contribution in [0.4, 0.5) is 4.39 Å². The summed E-state index contributed by atoms with van der Waals surface area (Å²) in [5.41, 5.74) is 3.47. The average molecular weight is 585 g/mol. The third-order valence-electron chi connectivity index (χ3n) is 6.84. The SMILES string of the molecule is COC1(c2ccc(C)c(Cc3ccc(-c4ccc(F)cc4)s3)c2)OC(COC(C)=O)CC(OC(C)=O)C1OC(C)=O. The maximum Gasteiger partial charge on any atom is 0.303 e. The lowest BCUT2D eigenvalue weighted by atomic mass is 9.87. The van der Waals surface area contributed by atoms with Crippen LogP contribution >= 0.6 is 11.3 Å². The van der Waals surface area contributed by atoms with E-state index in [1.54, 1.807) is 23.5 Å². The van der Waals surface area contributed by atoms with E-state index in [1.165, 1.54) is 40.0 Å². The highest BCUT2D eigenvalue weighted by molar-refractivity contribution is 7.15. The van der Waals surface area contributed by atoms with Gasteiger partial charge in [0.25, 0.3) is 0 Å². The van der Waals surface area contributed by atoms with E-state index in [-0.39, 0.29) is 18.8 Å². The van der Waals surface area contributed by atoms with Crippen molar-refractivity contribution in [3.05, 3.63) is 82.0 Å². The number of esters is 3. The van der Waals surface area contributed by atoms with Crippen LogP contribution in [0, 0.1) is 12.7 Å². The summed E-state index contributed by atoms with van der Waals surface area (Å²) in [4.78, 5) is 37.9. The fourth-order valence-electron chi connectivity index (χ4n) is 4.98. The second kappa shape index (κ2) is 12.9. The molecular weight excluding hydrogens is 551 g/mol. The summed E-state index contributed by atoms with van der Waals surface area (Å²) < 4.78 is 42.3. The van der Waals surface area contributed by atoms with Gasteiger partial charge in [-0.25, -0.2) is 4.39 Å². The van der Waals surface area contributed by atoms with Crippen LogP contribution in [0.2, 0.25) is 0 Å². The van der Waals surface area contributed by atoms with E-state index in [9.17, 15) is 18.8 Å². The Kier molecular flexibility index (Phi) is 9.57. The first-order chi connectivity index (χ1) is 19.5. The molecule has 0 bridgehead atoms. The first-order valence-corrected chi connectivity index (χ1v) is 14.0. The van der Waals surface area contributed by atoms with Crippen molar-refractivity contribution < 1.29 is 42.5 Å². The Labute approximate surface area is 242 Å². The molecule has 41 heavy (non-hydrogen) atoms. The van der Waals surface area contributed by atoms with Gasteiger partial charge in [0, 0.05) is 56.0 Å². The van der Waals surface area contributed by atoms with Crippen molar-refractivity contribution in [1.82, 2.24) is 0 Å². The Morgan fingerprint density at radius 1 is 0.976 bits per heavy atom. The van der Waals surface area contributed by atoms with Crippen molar-refractivity contribution >= 4 is 29.2 Å². The number of aryl methyl sites for hydroxylation is 1. The summed E-state index contributed by atoms with van der Waals surface area (Å²) in [6, 6.07) is 16.1. The number of carbonyl (C=O) groups is 3. The molecule has 218 valence electrons. The molecule has 1 aliphatic rings. The van der Waals surface area contributed by atoms with Crippen LogP contribution in [0.25, 0.3) is 10.4 Å². The van der Waals surface area contributed by atoms with Crippen molar-refractivity contribution in [3.63, 3.8) is 0 Å². The Hall–Kier alpha value is -3.60. The molecule has 4 rings (SSSR count). The van der Waals surface area contributed by atoms with Crippen molar-refractivity contribution in [2.45, 2.75) is 64.6 Å². The molecule has 2 aromatic carbocycles. The van der Waals surface area contributed by atoms with Crippen molar-refractivity contribution in [1.29, 1.82) is 0 Å². The van der Waals surface area contributed by atoms with Crippen LogP contribution in [0.5, 0.6) is 0 Å². The molecule has 0 spiro atoms. The Bertz CT molecular complexity index is 1400. The summed E-state index contributed by atoms with van der Waals surface area (Å²) in [6.07, 6.45) is -2.06. The van der Waals surface area contributed by atoms with Crippen molar-refractivity contribution in [2.75, 3.05) is 13.7 Å². The summed E-state index contributed by atoms with van der Waals surface area (Å²) >= 11 is 1.61. The van der Waals surface area contributed by atoms with E-state index in [2.05, 4.69) is 0 Å². The first kappa shape index (κ1) is 30.4. The predicted molar refractivity (Wildman–Crippen MR) is 150 cm³/mol. The van der Waals surface area contributed by atoms with Gasteiger partial charge in [-0.05, 0) is 53.9 Å². The molecule has 1 aromatic heterocycles. The maximum absolute atomic E-state index is 13.4. The monoisotopic (exact) mass is 584 g/mol. The average Bonchev–Trinajstić information content (AvgIpc) is 3.38. The number of ether oxygens (including phenoxy) is 5. The van der Waals surface area contributed by atoms with Gasteiger partial charge in [0.15, 0.2) is 6.10 Å². The lowest BCUT2D eigenvalue weighted by molar-refractivity contribution is -0.347. The summed E-state index contributed by atoms with van der Waals surface area (Å²) in [5, 5.41) is 0. The standard InChI is InChI=1S/C31H33FO8S/c1-18-6-9-24(14-23(18)15-27-12-13-29(41-27)22-7-10-25(32)11-8-22)31(36-5)30(39-21(4)35)28(38-20(3)34)16-26(40-31)17-37-19(2)33/h6-14,26,28,30H,15-17H2,1-5H3. The quantitative estimate of drug-likeness (QED) is 0.241. The molecule has 0 radical (unpaired) electrons. The number of rotatable bonds is 9. The molecule has 3 aromatic rings. The zero-order valence-corrected chi connectivity index (χ0v) is 24.4. The first-order valence-electron chi connectivity index (χ1n) is 13.2. The second-order valence-corrected chi connectivity index (χ2v) is 11.1. The maximum atomic E-state index is 13.4. The third kappa shape index (κ3) is 7.19. The summed E-state index contributed by atoms with van der Waals surface area (Å²) in [5.74, 6) is -3.60. The highest BCUT2D eigenvalue weighted by Crippen LogP contribution is 2.43. The van der Waals surface area contributed by atoms with Gasteiger partial charge in [-0.3, -0.25) is 14.4 Å². The molecule has 0 N–H and O–H groups in total. The molecule has 1 fully saturated rings. The van der Waals surface area contributed by atoms with Gasteiger partial charge in [-0.1, -0.05) is 24.3 Å². The van der Waals surface area contributed by atoms with Gasteiger partial charge in [0.05, 0.1) is 6.10 Å². The highest BCUT2D eigenvalue weighted by atomic mass is 32.1. The van der Waals surface area contributed by atoms with E-state index in [0.29, 0.717) is 12.0 Å². The summed E-state index contributed by atoms with van der Waals surface area (Å²) in [7, 11) is 1.42. The van der Waals surface area contributed by atoms with Gasteiger partial charge in [0.2, 0.25) is 5.79 Å². The fourth-order valence-corrected chi connectivity index (χ4v) is 6.02. The van der Waals surface area contributed by atoms with Crippen LogP contribution in [0.15, 0.2) is 54.6 Å². The van der Waals surface area contributed by atoms with E-state index in [4.69, 9.17) is 23.7 Å². The third-order valence-corrected chi connectivity index (χ3v) is 7.98. The smallest absolute Gasteiger partial charge is 0.303 e. The number of halogens is 1. The zero-order chi connectivity index (χ0) is 29.7. The van der Waals surface area contributed by atoms with Crippen molar-refractivity contribution in [3.8, 4) is 10.4 Å². The predicted octanol–water partition coefficient (Wildman–Crippen LogP) is 5.47. The fraction of sp³-hybridized carbons (Fsp3) is 0.387. The largest absolute Gasteiger partial charge is 0.463 e. The lowest BCUT2D eigenvalue weighted by Gasteiger charge is -2.47. The lowest BCUT2D eigenvalue weighted by Crippen LogP contribution is -2.60. The van der Waals surface area contributed by atoms with E-state index >= 15 is 0 Å². The normalized spacial score (nSPS) is 22.1. The number of carbonyl (C=O) groups excluding carboxylic acids is 3. The van der Waals surface area contributed by atoms with Crippen LogP contribution in [-0.4, -0.2) is 49.9 Å². The minimum atomic E-state index is -1.66. The highest BCUT2D eigenvalue weighted by Gasteiger charge is 2.56. The van der Waals surface area contributed by atoms with Crippen LogP contribution < -0.4 is 0 Å². The van der Waals surface area contributed by atoms with Crippen LogP contribution in [0.3, 0.4) is 0 Å². The second-order valence-electron chi connectivity index (χ2n) is 9.92. The minimum Gasteiger partial charge on any atom is -0.463 e. The van der Waals surface area contributed by atoms with Gasteiger partial charge >= 0.3 is 17.9 Å².